The van der Waals surface area contributed by atoms with Crippen LogP contribution in [-0.2, 0) is 9.53 Å². The van der Waals surface area contributed by atoms with Crippen molar-refractivity contribution in [2.75, 3.05) is 6.61 Å². The van der Waals surface area contributed by atoms with Crippen LogP contribution < -0.4 is 5.32 Å². The molecule has 1 fully saturated rings. The molecule has 1 amide bonds. The van der Waals surface area contributed by atoms with Crippen LogP contribution in [0.25, 0.3) is 0 Å². The number of allylic oxidation sites excluding steroid dienone is 2. The van der Waals surface area contributed by atoms with Crippen molar-refractivity contribution in [3.63, 3.8) is 0 Å². The third-order valence-corrected chi connectivity index (χ3v) is 5.86. The van der Waals surface area contributed by atoms with Gasteiger partial charge >= 0.3 is 0 Å². The summed E-state index contributed by atoms with van der Waals surface area (Å²) in [5, 5.41) is 41.1. The second-order valence-electron chi connectivity index (χ2n) is 8.65. The van der Waals surface area contributed by atoms with Gasteiger partial charge in [-0.1, -0.05) is 70.4 Å². The van der Waals surface area contributed by atoms with Gasteiger partial charge in [0.15, 0.2) is 6.23 Å². The molecule has 0 aromatic heterocycles. The molecular formula is C24H45NO6. The van der Waals surface area contributed by atoms with E-state index in [0.717, 1.165) is 19.3 Å². The van der Waals surface area contributed by atoms with Crippen LogP contribution in [0.15, 0.2) is 12.2 Å². The van der Waals surface area contributed by atoms with Gasteiger partial charge in [-0.05, 0) is 32.1 Å². The molecule has 1 heterocycles. The molecule has 182 valence electrons. The average molecular weight is 444 g/mol. The first-order valence-corrected chi connectivity index (χ1v) is 12.3. The van der Waals surface area contributed by atoms with Gasteiger partial charge in [0, 0.05) is 6.42 Å². The highest BCUT2D eigenvalue weighted by Crippen LogP contribution is 2.20. The molecule has 0 aliphatic carbocycles. The number of carbonyl (C=O) groups is 1. The maximum Gasteiger partial charge on any atom is 0.222 e. The van der Waals surface area contributed by atoms with Gasteiger partial charge in [-0.2, -0.15) is 0 Å². The molecule has 1 rings (SSSR count). The van der Waals surface area contributed by atoms with Crippen molar-refractivity contribution < 1.29 is 30.0 Å². The minimum absolute atomic E-state index is 0.289. The Kier molecular flexibility index (Phi) is 15.9. The summed E-state index contributed by atoms with van der Waals surface area (Å²) < 4.78 is 5.28. The van der Waals surface area contributed by atoms with Crippen LogP contribution in [0.1, 0.15) is 96.8 Å². The van der Waals surface area contributed by atoms with Crippen LogP contribution in [0.3, 0.4) is 0 Å². The van der Waals surface area contributed by atoms with Crippen molar-refractivity contribution in [3.8, 4) is 0 Å². The molecule has 1 aliphatic rings. The minimum Gasteiger partial charge on any atom is -0.394 e. The highest BCUT2D eigenvalue weighted by atomic mass is 16.6. The summed E-state index contributed by atoms with van der Waals surface area (Å²) in [6.45, 7) is 1.74. The van der Waals surface area contributed by atoms with Crippen molar-refractivity contribution in [3.05, 3.63) is 12.2 Å². The zero-order valence-corrected chi connectivity index (χ0v) is 19.3. The van der Waals surface area contributed by atoms with E-state index in [9.17, 15) is 25.2 Å². The molecule has 31 heavy (non-hydrogen) atoms. The Labute approximate surface area is 187 Å². The Morgan fingerprint density at radius 3 is 1.94 bits per heavy atom. The van der Waals surface area contributed by atoms with Gasteiger partial charge in [-0.15, -0.1) is 0 Å². The van der Waals surface area contributed by atoms with Gasteiger partial charge in [0.2, 0.25) is 5.91 Å². The summed E-state index contributed by atoms with van der Waals surface area (Å²) >= 11 is 0. The third kappa shape index (κ3) is 12.0. The van der Waals surface area contributed by atoms with Crippen LogP contribution in [0, 0.1) is 0 Å². The molecule has 1 saturated heterocycles. The largest absolute Gasteiger partial charge is 0.394 e. The Balaban J connectivity index is 2.00. The fraction of sp³-hybridized carbons (Fsp3) is 0.875. The standard InChI is InChI=1S/C24H45NO6/c1-2-3-4-5-6-7-8-9-10-11-12-13-14-15-16-17-20(27)25-24-23(30)22(29)21(28)19(18-26)31-24/h12-13,19,21-24,26,28-30H,2-11,14-18H2,1H3,(H,25,27)/b13-12-/t19?,21-,22?,23?,24-/m1/s1. The quantitative estimate of drug-likeness (QED) is 0.174. The molecule has 7 nitrogen and oxygen atoms in total. The van der Waals surface area contributed by atoms with Gasteiger partial charge in [0.25, 0.3) is 0 Å². The average Bonchev–Trinajstić information content (AvgIpc) is 2.76. The molecule has 5 atom stereocenters. The highest BCUT2D eigenvalue weighted by molar-refractivity contribution is 5.76. The van der Waals surface area contributed by atoms with E-state index in [0.29, 0.717) is 12.8 Å². The van der Waals surface area contributed by atoms with Crippen LogP contribution >= 0.6 is 0 Å². The van der Waals surface area contributed by atoms with Gasteiger partial charge in [-0.3, -0.25) is 4.79 Å². The molecule has 0 spiro atoms. The summed E-state index contributed by atoms with van der Waals surface area (Å²) in [4.78, 5) is 12.0. The van der Waals surface area contributed by atoms with Crippen LogP contribution in [0.5, 0.6) is 0 Å². The summed E-state index contributed by atoms with van der Waals surface area (Å²) in [6.07, 6.45) is 13.9. The Morgan fingerprint density at radius 1 is 0.806 bits per heavy atom. The lowest BCUT2D eigenvalue weighted by Gasteiger charge is -2.40. The number of unbranched alkanes of at least 4 members (excludes halogenated alkanes) is 11. The summed E-state index contributed by atoms with van der Waals surface area (Å²) in [6, 6.07) is 0. The van der Waals surface area contributed by atoms with E-state index >= 15 is 0 Å². The Bertz CT molecular complexity index is 485. The fourth-order valence-electron chi connectivity index (χ4n) is 3.81. The number of amides is 1. The Morgan fingerprint density at radius 2 is 1.35 bits per heavy atom. The number of aliphatic hydroxyl groups excluding tert-OH is 4. The van der Waals surface area contributed by atoms with Gasteiger partial charge < -0.3 is 30.5 Å². The van der Waals surface area contributed by atoms with Crippen molar-refractivity contribution in [1.82, 2.24) is 5.32 Å². The van der Waals surface area contributed by atoms with Crippen molar-refractivity contribution in [1.29, 1.82) is 0 Å². The fourth-order valence-corrected chi connectivity index (χ4v) is 3.81. The lowest BCUT2D eigenvalue weighted by Crippen LogP contribution is -2.63. The number of rotatable bonds is 17. The first-order valence-electron chi connectivity index (χ1n) is 12.3. The number of hydrogen-bond acceptors (Lipinski definition) is 6. The van der Waals surface area contributed by atoms with Crippen molar-refractivity contribution in [2.24, 2.45) is 0 Å². The third-order valence-electron chi connectivity index (χ3n) is 5.86. The molecular weight excluding hydrogens is 398 g/mol. The molecule has 7 heteroatoms. The molecule has 0 bridgehead atoms. The van der Waals surface area contributed by atoms with Crippen LogP contribution in [-0.4, -0.2) is 63.6 Å². The predicted molar refractivity (Wildman–Crippen MR) is 121 cm³/mol. The molecule has 0 radical (unpaired) electrons. The Hall–Kier alpha value is -0.990. The second-order valence-corrected chi connectivity index (χ2v) is 8.65. The van der Waals surface area contributed by atoms with Crippen molar-refractivity contribution >= 4 is 5.91 Å². The van der Waals surface area contributed by atoms with Crippen molar-refractivity contribution in [2.45, 2.75) is 127 Å². The van der Waals surface area contributed by atoms with E-state index in [1.165, 1.54) is 57.8 Å². The number of hydrogen-bond donors (Lipinski definition) is 5. The number of aliphatic hydroxyl groups is 4. The van der Waals surface area contributed by atoms with Crippen LogP contribution in [0.2, 0.25) is 0 Å². The number of carbonyl (C=O) groups excluding carboxylic acids is 1. The summed E-state index contributed by atoms with van der Waals surface area (Å²) in [7, 11) is 0. The molecule has 1 aliphatic heterocycles. The molecule has 5 N–H and O–H groups in total. The zero-order chi connectivity index (χ0) is 22.9. The maximum absolute atomic E-state index is 12.0. The predicted octanol–water partition coefficient (Wildman–Crippen LogP) is 2.94. The maximum atomic E-state index is 12.0. The zero-order valence-electron chi connectivity index (χ0n) is 19.3. The molecule has 0 aromatic carbocycles. The van der Waals surface area contributed by atoms with Gasteiger partial charge in [-0.25, -0.2) is 0 Å². The number of ether oxygens (including phenoxy) is 1. The normalized spacial score (nSPS) is 26.4. The summed E-state index contributed by atoms with van der Waals surface area (Å²) in [5.41, 5.74) is 0. The van der Waals surface area contributed by atoms with E-state index < -0.39 is 37.3 Å². The SMILES string of the molecule is CCCCCCCCCCC/C=C\CCCCC(=O)N[C@@H]1OC(CO)[C@@H](O)C(O)C1O. The molecule has 0 aromatic rings. The first kappa shape index (κ1) is 28.0. The smallest absolute Gasteiger partial charge is 0.222 e. The van der Waals surface area contributed by atoms with E-state index in [1.54, 1.807) is 0 Å². The number of nitrogens with one attached hydrogen (secondary N) is 1. The van der Waals surface area contributed by atoms with Gasteiger partial charge in [0.05, 0.1) is 6.61 Å². The topological polar surface area (TPSA) is 119 Å². The lowest BCUT2D eigenvalue weighted by molar-refractivity contribution is -0.236. The van der Waals surface area contributed by atoms with E-state index in [-0.39, 0.29) is 5.91 Å². The lowest BCUT2D eigenvalue weighted by atomic mass is 9.98. The molecule has 0 saturated carbocycles. The monoisotopic (exact) mass is 443 g/mol. The second kappa shape index (κ2) is 17.6. The van der Waals surface area contributed by atoms with Crippen LogP contribution in [0.4, 0.5) is 0 Å². The molecule has 3 unspecified atom stereocenters. The van der Waals surface area contributed by atoms with E-state index in [4.69, 9.17) is 4.74 Å². The van der Waals surface area contributed by atoms with Gasteiger partial charge in [0.1, 0.15) is 24.4 Å². The summed E-state index contributed by atoms with van der Waals surface area (Å²) in [5.74, 6) is -0.289. The first-order chi connectivity index (χ1) is 15.0. The minimum atomic E-state index is -1.48. The highest BCUT2D eigenvalue weighted by Gasteiger charge is 2.43. The van der Waals surface area contributed by atoms with E-state index in [1.807, 2.05) is 0 Å². The van der Waals surface area contributed by atoms with E-state index in [2.05, 4.69) is 24.4 Å².